The molecule has 1 heterocycles. The molecule has 1 saturated heterocycles. The lowest BCUT2D eigenvalue weighted by atomic mass is 10.0. The van der Waals surface area contributed by atoms with E-state index in [1.165, 1.54) is 5.01 Å². The summed E-state index contributed by atoms with van der Waals surface area (Å²) in [7, 11) is 1.78. The van der Waals surface area contributed by atoms with Crippen LogP contribution in [-0.4, -0.2) is 37.6 Å². The number of ether oxygens (including phenoxy) is 1. The third kappa shape index (κ3) is 9.25. The second-order valence-electron chi connectivity index (χ2n) is 5.89. The topological polar surface area (TPSA) is 102 Å². The molecule has 0 atom stereocenters. The second kappa shape index (κ2) is 15.6. The molecule has 2 amide bonds. The first-order valence-electron chi connectivity index (χ1n) is 9.81. The number of nitrogens with two attached hydrogens (primary N) is 2. The normalized spacial score (nSPS) is 11.8. The summed E-state index contributed by atoms with van der Waals surface area (Å²) >= 11 is 0. The van der Waals surface area contributed by atoms with Crippen molar-refractivity contribution in [3.8, 4) is 0 Å². The number of hydrazine groups is 1. The highest BCUT2D eigenvalue weighted by Crippen LogP contribution is 2.27. The van der Waals surface area contributed by atoms with E-state index in [-0.39, 0.29) is 0 Å². The van der Waals surface area contributed by atoms with E-state index in [2.05, 4.69) is 4.74 Å². The van der Waals surface area contributed by atoms with E-state index in [9.17, 15) is 9.59 Å². The van der Waals surface area contributed by atoms with Crippen LogP contribution in [0.2, 0.25) is 0 Å². The SMILES string of the molecule is C/C=C/c1ccc(N(C)N)c(N)c1C.CC.O=CN1CCOC1=O.c1ccccc1. The summed E-state index contributed by atoms with van der Waals surface area (Å²) in [6.07, 6.45) is 3.95. The van der Waals surface area contributed by atoms with Gasteiger partial charge in [-0.15, -0.1) is 0 Å². The maximum Gasteiger partial charge on any atom is 0.416 e. The molecule has 0 aromatic heterocycles. The van der Waals surface area contributed by atoms with E-state index in [1.807, 2.05) is 88.4 Å². The number of benzene rings is 2. The first-order chi connectivity index (χ1) is 14.4. The zero-order valence-corrected chi connectivity index (χ0v) is 18.5. The number of carbonyl (C=O) groups is 2. The smallest absolute Gasteiger partial charge is 0.416 e. The number of carbonyl (C=O) groups excluding carboxylic acids is 2. The summed E-state index contributed by atoms with van der Waals surface area (Å²) in [5, 5.41) is 1.53. The largest absolute Gasteiger partial charge is 0.447 e. The fourth-order valence-corrected chi connectivity index (χ4v) is 2.28. The van der Waals surface area contributed by atoms with E-state index >= 15 is 0 Å². The number of hydrogen-bond acceptors (Lipinski definition) is 6. The van der Waals surface area contributed by atoms with Gasteiger partial charge in [-0.3, -0.25) is 4.79 Å². The Morgan fingerprint density at radius 3 is 1.97 bits per heavy atom. The predicted octanol–water partition coefficient (Wildman–Crippen LogP) is 4.23. The standard InChI is InChI=1S/C11H17N3.C6H6.C4H5NO3.C2H6/c1-4-5-9-6-7-10(14(3)13)11(12)8(9)2;1-2-4-6-5-3-1;6-3-5-1-2-8-4(5)7;1-2/h4-7H,12-13H2,1-3H3;1-6H;3H,1-2H2;1-2H3/b5-4+;;;. The first-order valence-corrected chi connectivity index (χ1v) is 9.81. The van der Waals surface area contributed by atoms with Crippen molar-refractivity contribution in [1.82, 2.24) is 4.90 Å². The molecule has 30 heavy (non-hydrogen) atoms. The second-order valence-corrected chi connectivity index (χ2v) is 5.89. The molecule has 0 bridgehead atoms. The summed E-state index contributed by atoms with van der Waals surface area (Å²) in [5.74, 6) is 5.64. The average molecular weight is 415 g/mol. The molecule has 3 rings (SSSR count). The van der Waals surface area contributed by atoms with E-state index in [0.717, 1.165) is 27.4 Å². The molecule has 164 valence electrons. The van der Waals surface area contributed by atoms with Crippen LogP contribution in [0.15, 0.2) is 54.6 Å². The molecule has 0 unspecified atom stereocenters. The number of nitrogen functional groups attached to an aromatic ring is 1. The summed E-state index contributed by atoms with van der Waals surface area (Å²) in [4.78, 5) is 21.1. The van der Waals surface area contributed by atoms with E-state index < -0.39 is 6.09 Å². The Kier molecular flexibility index (Phi) is 13.9. The van der Waals surface area contributed by atoms with Crippen LogP contribution in [0.4, 0.5) is 16.2 Å². The van der Waals surface area contributed by atoms with Crippen molar-refractivity contribution in [3.05, 3.63) is 65.7 Å². The molecular formula is C23H34N4O3. The van der Waals surface area contributed by atoms with Crippen LogP contribution in [0.1, 0.15) is 31.9 Å². The van der Waals surface area contributed by atoms with Crippen LogP contribution in [0.25, 0.3) is 6.08 Å². The average Bonchev–Trinajstić information content (AvgIpc) is 3.20. The maximum atomic E-state index is 10.3. The Bertz CT molecular complexity index is 751. The molecule has 2 aromatic rings. The zero-order chi connectivity index (χ0) is 22.9. The van der Waals surface area contributed by atoms with Gasteiger partial charge in [-0.2, -0.15) is 0 Å². The van der Waals surface area contributed by atoms with Crippen LogP contribution in [0.3, 0.4) is 0 Å². The molecule has 1 fully saturated rings. The molecule has 0 aliphatic carbocycles. The highest BCUT2D eigenvalue weighted by atomic mass is 16.6. The molecule has 0 spiro atoms. The number of anilines is 2. The van der Waals surface area contributed by atoms with Crippen LogP contribution < -0.4 is 16.6 Å². The van der Waals surface area contributed by atoms with Gasteiger partial charge in [-0.25, -0.2) is 15.5 Å². The van der Waals surface area contributed by atoms with E-state index in [1.54, 1.807) is 7.05 Å². The Morgan fingerprint density at radius 1 is 1.10 bits per heavy atom. The predicted molar refractivity (Wildman–Crippen MR) is 125 cm³/mol. The number of imide groups is 1. The Labute approximate surface area is 179 Å². The summed E-state index contributed by atoms with van der Waals surface area (Å²) < 4.78 is 4.41. The molecule has 0 radical (unpaired) electrons. The van der Waals surface area contributed by atoms with E-state index in [0.29, 0.717) is 19.6 Å². The maximum absolute atomic E-state index is 10.3. The lowest BCUT2D eigenvalue weighted by molar-refractivity contribution is -0.115. The number of rotatable bonds is 3. The quantitative estimate of drug-likeness (QED) is 0.337. The first kappa shape index (κ1) is 26.7. The molecule has 7 nitrogen and oxygen atoms in total. The minimum Gasteiger partial charge on any atom is -0.447 e. The van der Waals surface area contributed by atoms with Gasteiger partial charge in [0.25, 0.3) is 0 Å². The molecule has 4 N–H and O–H groups in total. The third-order valence-corrected chi connectivity index (χ3v) is 3.85. The highest BCUT2D eigenvalue weighted by Gasteiger charge is 2.20. The van der Waals surface area contributed by atoms with Crippen molar-refractivity contribution >= 4 is 30.0 Å². The van der Waals surface area contributed by atoms with Gasteiger partial charge in [-0.05, 0) is 31.0 Å². The molecule has 1 aliphatic heterocycles. The van der Waals surface area contributed by atoms with Crippen LogP contribution in [0.5, 0.6) is 0 Å². The Morgan fingerprint density at radius 2 is 1.63 bits per heavy atom. The fourth-order valence-electron chi connectivity index (χ4n) is 2.28. The number of amides is 2. The summed E-state index contributed by atoms with van der Waals surface area (Å²) in [5.41, 5.74) is 9.76. The molecule has 7 heteroatoms. The van der Waals surface area contributed by atoms with Crippen LogP contribution in [-0.2, 0) is 9.53 Å². The fraction of sp³-hybridized carbons (Fsp3) is 0.304. The minimum absolute atomic E-state index is 0.331. The number of hydrogen-bond donors (Lipinski definition) is 2. The molecule has 1 aliphatic rings. The monoisotopic (exact) mass is 414 g/mol. The van der Waals surface area contributed by atoms with E-state index in [4.69, 9.17) is 11.6 Å². The summed E-state index contributed by atoms with van der Waals surface area (Å²) in [6.45, 7) is 8.70. The van der Waals surface area contributed by atoms with Crippen LogP contribution in [0, 0.1) is 6.92 Å². The van der Waals surface area contributed by atoms with Gasteiger partial charge in [0, 0.05) is 7.05 Å². The minimum atomic E-state index is -0.542. The van der Waals surface area contributed by atoms with Crippen molar-refractivity contribution < 1.29 is 14.3 Å². The van der Waals surface area contributed by atoms with Crippen molar-refractivity contribution in [2.75, 3.05) is 30.9 Å². The van der Waals surface area contributed by atoms with Crippen molar-refractivity contribution in [3.63, 3.8) is 0 Å². The number of allylic oxidation sites excluding steroid dienone is 1. The number of cyclic esters (lactones) is 1. The van der Waals surface area contributed by atoms with Gasteiger partial charge in [0.1, 0.15) is 6.61 Å². The van der Waals surface area contributed by atoms with Gasteiger partial charge in [-0.1, -0.05) is 68.5 Å². The van der Waals surface area contributed by atoms with Gasteiger partial charge in [0.15, 0.2) is 0 Å². The molecule has 0 saturated carbocycles. The molecule has 2 aromatic carbocycles. The van der Waals surface area contributed by atoms with Gasteiger partial charge in [0.05, 0.1) is 17.9 Å². The lowest BCUT2D eigenvalue weighted by Crippen LogP contribution is -2.26. The van der Waals surface area contributed by atoms with Crippen molar-refractivity contribution in [2.24, 2.45) is 5.84 Å². The summed E-state index contributed by atoms with van der Waals surface area (Å²) in [6, 6.07) is 15.9. The third-order valence-electron chi connectivity index (χ3n) is 3.85. The van der Waals surface area contributed by atoms with Gasteiger partial charge in [0.2, 0.25) is 6.41 Å². The Balaban J connectivity index is 0.000000442. The van der Waals surface area contributed by atoms with Gasteiger partial charge < -0.3 is 15.5 Å². The van der Waals surface area contributed by atoms with Crippen molar-refractivity contribution in [1.29, 1.82) is 0 Å². The highest BCUT2D eigenvalue weighted by molar-refractivity contribution is 5.81. The van der Waals surface area contributed by atoms with Crippen LogP contribution >= 0.6 is 0 Å². The molecular weight excluding hydrogens is 380 g/mol. The zero-order valence-electron chi connectivity index (χ0n) is 18.5. The lowest BCUT2D eigenvalue weighted by Gasteiger charge is -2.17. The number of nitrogens with zero attached hydrogens (tertiary/aromatic N) is 2. The van der Waals surface area contributed by atoms with Gasteiger partial charge >= 0.3 is 6.09 Å². The Hall–Kier alpha value is -3.32. The van der Waals surface area contributed by atoms with Crippen molar-refractivity contribution in [2.45, 2.75) is 27.7 Å².